The first-order chi connectivity index (χ1) is 9.45. The van der Waals surface area contributed by atoms with Gasteiger partial charge in [0, 0.05) is 12.6 Å². The number of nitrogens with zero attached hydrogens (tertiary/aromatic N) is 1. The van der Waals surface area contributed by atoms with Crippen LogP contribution in [0.1, 0.15) is 25.7 Å². The summed E-state index contributed by atoms with van der Waals surface area (Å²) < 4.78 is 0. The lowest BCUT2D eigenvalue weighted by Crippen LogP contribution is -2.51. The van der Waals surface area contributed by atoms with Crippen molar-refractivity contribution in [2.75, 3.05) is 18.6 Å². The van der Waals surface area contributed by atoms with E-state index in [4.69, 9.17) is 10.8 Å². The molecule has 3 amide bonds. The van der Waals surface area contributed by atoms with Crippen molar-refractivity contribution >= 4 is 29.7 Å². The molecule has 0 bridgehead atoms. The lowest BCUT2D eigenvalue weighted by molar-refractivity contribution is -0.140. The van der Waals surface area contributed by atoms with Gasteiger partial charge in [-0.25, -0.2) is 4.79 Å². The van der Waals surface area contributed by atoms with Crippen molar-refractivity contribution in [3.8, 4) is 0 Å². The molecule has 0 saturated carbocycles. The topological polar surface area (TPSA) is 113 Å². The van der Waals surface area contributed by atoms with Crippen molar-refractivity contribution in [2.45, 2.75) is 37.8 Å². The third kappa shape index (κ3) is 4.92. The van der Waals surface area contributed by atoms with E-state index in [2.05, 4.69) is 5.32 Å². The van der Waals surface area contributed by atoms with Crippen molar-refractivity contribution in [3.63, 3.8) is 0 Å². The Bertz CT molecular complexity index is 378. The molecular weight excluding hydrogens is 282 g/mol. The number of nitrogens with one attached hydrogen (secondary N) is 1. The fourth-order valence-corrected chi connectivity index (χ4v) is 2.88. The number of thioether (sulfide) groups is 1. The molecule has 0 spiro atoms. The molecule has 2 atom stereocenters. The zero-order chi connectivity index (χ0) is 15.1. The zero-order valence-electron chi connectivity index (χ0n) is 11.5. The van der Waals surface area contributed by atoms with Gasteiger partial charge in [-0.1, -0.05) is 0 Å². The maximum atomic E-state index is 12.4. The van der Waals surface area contributed by atoms with Gasteiger partial charge in [0.05, 0.1) is 6.42 Å². The summed E-state index contributed by atoms with van der Waals surface area (Å²) in [5.74, 6) is -0.437. The van der Waals surface area contributed by atoms with Gasteiger partial charge < -0.3 is 21.1 Å². The number of nitrogens with two attached hydrogens (primary N) is 1. The van der Waals surface area contributed by atoms with Gasteiger partial charge >= 0.3 is 12.0 Å². The van der Waals surface area contributed by atoms with E-state index in [1.54, 1.807) is 16.7 Å². The first kappa shape index (κ1) is 16.6. The quantitative estimate of drug-likeness (QED) is 0.623. The number of urea groups is 1. The van der Waals surface area contributed by atoms with Crippen molar-refractivity contribution in [2.24, 2.45) is 5.73 Å². The van der Waals surface area contributed by atoms with E-state index in [1.807, 2.05) is 6.26 Å². The molecule has 1 fully saturated rings. The number of primary amides is 1. The number of rotatable bonds is 7. The molecule has 0 aromatic rings. The van der Waals surface area contributed by atoms with E-state index in [1.165, 1.54) is 0 Å². The molecule has 0 aromatic heterocycles. The first-order valence-electron chi connectivity index (χ1n) is 6.53. The van der Waals surface area contributed by atoms with Crippen molar-refractivity contribution in [1.82, 2.24) is 10.2 Å². The van der Waals surface area contributed by atoms with Gasteiger partial charge in [-0.2, -0.15) is 11.8 Å². The summed E-state index contributed by atoms with van der Waals surface area (Å²) >= 11 is 1.57. The average molecular weight is 303 g/mol. The number of hydrogen-bond acceptors (Lipinski definition) is 4. The lowest BCUT2D eigenvalue weighted by Gasteiger charge is -2.28. The minimum absolute atomic E-state index is 0.0580. The number of carboxylic acid groups (broad SMARTS) is 1. The molecule has 1 saturated heterocycles. The highest BCUT2D eigenvalue weighted by atomic mass is 32.2. The van der Waals surface area contributed by atoms with Gasteiger partial charge in [0.2, 0.25) is 5.91 Å². The van der Waals surface area contributed by atoms with Crippen molar-refractivity contribution in [1.29, 1.82) is 0 Å². The maximum absolute atomic E-state index is 12.4. The van der Waals surface area contributed by atoms with Crippen LogP contribution in [-0.2, 0) is 9.59 Å². The summed E-state index contributed by atoms with van der Waals surface area (Å²) in [6, 6.07) is -1.70. The summed E-state index contributed by atoms with van der Waals surface area (Å²) in [6.07, 6.45) is 3.81. The van der Waals surface area contributed by atoms with E-state index < -0.39 is 18.0 Å². The summed E-state index contributed by atoms with van der Waals surface area (Å²) in [6.45, 7) is 0.535. The number of carbonyl (C=O) groups excluding carboxylic acids is 2. The van der Waals surface area contributed by atoms with Crippen LogP contribution in [0, 0.1) is 0 Å². The van der Waals surface area contributed by atoms with Crippen LogP contribution < -0.4 is 11.1 Å². The Hall–Kier alpha value is -1.44. The highest BCUT2D eigenvalue weighted by molar-refractivity contribution is 7.98. The molecule has 4 N–H and O–H groups in total. The van der Waals surface area contributed by atoms with Crippen LogP contribution in [0.2, 0.25) is 0 Å². The standard InChI is InChI=1S/C12H21N3O4S/c1-20-6-4-9(14-12(13)19)11(18)15-5-2-3-8(15)7-10(16)17/h8-9H,2-7H2,1H3,(H,16,17)(H3,13,14,19). The molecule has 0 aliphatic carbocycles. The largest absolute Gasteiger partial charge is 0.481 e. The molecule has 0 aromatic carbocycles. The average Bonchev–Trinajstić information content (AvgIpc) is 2.80. The fourth-order valence-electron chi connectivity index (χ4n) is 2.40. The maximum Gasteiger partial charge on any atom is 0.312 e. The fraction of sp³-hybridized carbons (Fsp3) is 0.750. The highest BCUT2D eigenvalue weighted by Crippen LogP contribution is 2.21. The number of carbonyl (C=O) groups is 3. The molecule has 114 valence electrons. The molecule has 1 rings (SSSR count). The van der Waals surface area contributed by atoms with E-state index in [0.717, 1.165) is 6.42 Å². The van der Waals surface area contributed by atoms with Crippen molar-refractivity contribution < 1.29 is 19.5 Å². The van der Waals surface area contributed by atoms with Crippen LogP contribution in [0.3, 0.4) is 0 Å². The molecule has 1 aliphatic heterocycles. The van der Waals surface area contributed by atoms with E-state index in [0.29, 0.717) is 25.1 Å². The number of likely N-dealkylation sites (tertiary alicyclic amines) is 1. The third-order valence-corrected chi connectivity index (χ3v) is 3.94. The summed E-state index contributed by atoms with van der Waals surface area (Å²) in [5, 5.41) is 11.3. The molecule has 7 nitrogen and oxygen atoms in total. The first-order valence-corrected chi connectivity index (χ1v) is 7.92. The Kier molecular flexibility index (Phi) is 6.63. The van der Waals surface area contributed by atoms with E-state index in [9.17, 15) is 14.4 Å². The van der Waals surface area contributed by atoms with E-state index in [-0.39, 0.29) is 18.4 Å². The van der Waals surface area contributed by atoms with Gasteiger partial charge in [-0.05, 0) is 31.3 Å². The van der Waals surface area contributed by atoms with Crippen LogP contribution in [0.5, 0.6) is 0 Å². The third-order valence-electron chi connectivity index (χ3n) is 3.30. The molecule has 20 heavy (non-hydrogen) atoms. The predicted octanol–water partition coefficient (Wildman–Crippen LogP) is 0.242. The predicted molar refractivity (Wildman–Crippen MR) is 76.5 cm³/mol. The smallest absolute Gasteiger partial charge is 0.312 e. The van der Waals surface area contributed by atoms with Crippen LogP contribution in [0.15, 0.2) is 0 Å². The molecule has 8 heteroatoms. The number of hydrogen-bond donors (Lipinski definition) is 3. The Balaban J connectivity index is 2.70. The minimum Gasteiger partial charge on any atom is -0.481 e. The lowest BCUT2D eigenvalue weighted by atomic mass is 10.1. The monoisotopic (exact) mass is 303 g/mol. The summed E-state index contributed by atoms with van der Waals surface area (Å²) in [4.78, 5) is 35.8. The van der Waals surface area contributed by atoms with Crippen molar-refractivity contribution in [3.05, 3.63) is 0 Å². The Morgan fingerprint density at radius 2 is 2.20 bits per heavy atom. The molecule has 1 aliphatic rings. The molecule has 2 unspecified atom stereocenters. The molecule has 1 heterocycles. The number of carboxylic acids is 1. The Morgan fingerprint density at radius 3 is 2.75 bits per heavy atom. The molecule has 0 radical (unpaired) electrons. The van der Waals surface area contributed by atoms with Crippen LogP contribution in [0.4, 0.5) is 4.79 Å². The van der Waals surface area contributed by atoms with Gasteiger partial charge in [0.15, 0.2) is 0 Å². The second-order valence-corrected chi connectivity index (χ2v) is 5.75. The van der Waals surface area contributed by atoms with E-state index >= 15 is 0 Å². The van der Waals surface area contributed by atoms with Gasteiger partial charge in [0.25, 0.3) is 0 Å². The van der Waals surface area contributed by atoms with Gasteiger partial charge in [-0.15, -0.1) is 0 Å². The van der Waals surface area contributed by atoms with Gasteiger partial charge in [-0.3, -0.25) is 9.59 Å². The zero-order valence-corrected chi connectivity index (χ0v) is 12.3. The second-order valence-electron chi connectivity index (χ2n) is 4.77. The minimum atomic E-state index is -0.918. The van der Waals surface area contributed by atoms with Crippen LogP contribution in [0.25, 0.3) is 0 Å². The second kappa shape index (κ2) is 7.98. The highest BCUT2D eigenvalue weighted by Gasteiger charge is 2.34. The number of amides is 3. The normalized spacial score (nSPS) is 19.6. The summed E-state index contributed by atoms with van der Waals surface area (Å²) in [5.41, 5.74) is 5.10. The van der Waals surface area contributed by atoms with Crippen LogP contribution >= 0.6 is 11.8 Å². The Labute approximate surface area is 122 Å². The number of aliphatic carboxylic acids is 1. The SMILES string of the molecule is CSCCC(NC(N)=O)C(=O)N1CCCC1CC(=O)O. The summed E-state index contributed by atoms with van der Waals surface area (Å²) in [7, 11) is 0. The van der Waals surface area contributed by atoms with Gasteiger partial charge in [0.1, 0.15) is 6.04 Å². The Morgan fingerprint density at radius 1 is 1.50 bits per heavy atom. The van der Waals surface area contributed by atoms with Crippen LogP contribution in [-0.4, -0.2) is 58.6 Å². The molecular formula is C12H21N3O4S.